The number of hydrogen-bond donors (Lipinski definition) is 1. The summed E-state index contributed by atoms with van der Waals surface area (Å²) in [6.45, 7) is 6.07. The number of carbonyl (C=O) groups is 1. The largest absolute Gasteiger partial charge is 0.354 e. The average molecular weight is 325 g/mol. The number of rotatable bonds is 7. The van der Waals surface area contributed by atoms with Gasteiger partial charge in [-0.15, -0.1) is 0 Å². The summed E-state index contributed by atoms with van der Waals surface area (Å²) in [7, 11) is 0. The van der Waals surface area contributed by atoms with Crippen molar-refractivity contribution in [2.75, 3.05) is 6.54 Å². The Hall–Kier alpha value is -2.63. The Morgan fingerprint density at radius 3 is 2.92 bits per heavy atom. The molecular weight excluding hydrogens is 302 g/mol. The van der Waals surface area contributed by atoms with E-state index in [9.17, 15) is 4.79 Å². The third-order valence-electron chi connectivity index (χ3n) is 4.20. The van der Waals surface area contributed by atoms with Crippen molar-refractivity contribution in [1.82, 2.24) is 24.4 Å². The van der Waals surface area contributed by atoms with Gasteiger partial charge in [-0.3, -0.25) is 4.79 Å². The van der Waals surface area contributed by atoms with E-state index in [1.54, 1.807) is 6.20 Å². The molecule has 1 amide bonds. The van der Waals surface area contributed by atoms with Crippen LogP contribution in [0.1, 0.15) is 25.0 Å². The number of para-hydroxylation sites is 2. The molecule has 2 heterocycles. The van der Waals surface area contributed by atoms with E-state index in [0.717, 1.165) is 35.6 Å². The molecule has 6 nitrogen and oxygen atoms in total. The molecule has 0 saturated carbocycles. The second-order valence-corrected chi connectivity index (χ2v) is 5.79. The number of amides is 1. The molecule has 0 aliphatic carbocycles. The van der Waals surface area contributed by atoms with Crippen molar-refractivity contribution in [1.29, 1.82) is 0 Å². The fourth-order valence-corrected chi connectivity index (χ4v) is 2.95. The number of nitrogens with one attached hydrogen (secondary N) is 1. The molecule has 2 aromatic heterocycles. The minimum Gasteiger partial charge on any atom is -0.354 e. The van der Waals surface area contributed by atoms with Crippen LogP contribution in [-0.4, -0.2) is 31.6 Å². The van der Waals surface area contributed by atoms with Crippen LogP contribution in [0.25, 0.3) is 11.0 Å². The van der Waals surface area contributed by atoms with Gasteiger partial charge in [0.1, 0.15) is 11.6 Å². The van der Waals surface area contributed by atoms with Crippen molar-refractivity contribution in [2.45, 2.75) is 39.8 Å². The summed E-state index contributed by atoms with van der Waals surface area (Å²) in [6.07, 6.45) is 5.10. The fraction of sp³-hybridized carbons (Fsp3) is 0.389. The van der Waals surface area contributed by atoms with Gasteiger partial charge < -0.3 is 14.5 Å². The van der Waals surface area contributed by atoms with E-state index in [1.807, 2.05) is 37.4 Å². The Morgan fingerprint density at radius 2 is 2.08 bits per heavy atom. The zero-order valence-corrected chi connectivity index (χ0v) is 14.2. The average Bonchev–Trinajstić information content (AvgIpc) is 3.16. The molecule has 6 heteroatoms. The zero-order chi connectivity index (χ0) is 16.9. The van der Waals surface area contributed by atoms with Crippen molar-refractivity contribution < 1.29 is 4.79 Å². The Bertz CT molecular complexity index is 833. The van der Waals surface area contributed by atoms with Crippen molar-refractivity contribution in [3.63, 3.8) is 0 Å². The minimum atomic E-state index is 0.0605. The molecule has 126 valence electrons. The molecule has 0 saturated heterocycles. The maximum atomic E-state index is 12.1. The lowest BCUT2D eigenvalue weighted by molar-refractivity contribution is -0.121. The van der Waals surface area contributed by atoms with Gasteiger partial charge in [-0.1, -0.05) is 19.1 Å². The van der Waals surface area contributed by atoms with Crippen molar-refractivity contribution in [3.05, 3.63) is 48.3 Å². The van der Waals surface area contributed by atoms with E-state index in [-0.39, 0.29) is 5.91 Å². The molecule has 0 aliphatic rings. The standard InChI is InChI=1S/C18H23N5O/c1-3-17-19-9-12-22(17)13-10-20-18(24)8-11-23-14(2)21-15-6-4-5-7-16(15)23/h4-7,9,12H,3,8,10-11,13H2,1-2H3,(H,20,24). The van der Waals surface area contributed by atoms with Crippen LogP contribution in [0.15, 0.2) is 36.7 Å². The summed E-state index contributed by atoms with van der Waals surface area (Å²) in [5, 5.41) is 2.98. The van der Waals surface area contributed by atoms with Crippen LogP contribution >= 0.6 is 0 Å². The predicted octanol–water partition coefficient (Wildman–Crippen LogP) is 2.31. The lowest BCUT2D eigenvalue weighted by Gasteiger charge is -2.09. The number of fused-ring (bicyclic) bond motifs is 1. The number of nitrogens with zero attached hydrogens (tertiary/aromatic N) is 4. The molecule has 1 N–H and O–H groups in total. The van der Waals surface area contributed by atoms with Crippen LogP contribution in [0.2, 0.25) is 0 Å². The van der Waals surface area contributed by atoms with E-state index >= 15 is 0 Å². The van der Waals surface area contributed by atoms with E-state index in [4.69, 9.17) is 0 Å². The first-order chi connectivity index (χ1) is 11.7. The molecule has 0 radical (unpaired) electrons. The Balaban J connectivity index is 1.51. The normalized spacial score (nSPS) is 11.1. The second kappa shape index (κ2) is 7.29. The zero-order valence-electron chi connectivity index (χ0n) is 14.2. The van der Waals surface area contributed by atoms with E-state index < -0.39 is 0 Å². The Morgan fingerprint density at radius 1 is 1.25 bits per heavy atom. The molecular formula is C18H23N5O. The fourth-order valence-electron chi connectivity index (χ4n) is 2.95. The molecule has 1 aromatic carbocycles. The first-order valence-corrected chi connectivity index (χ1v) is 8.37. The van der Waals surface area contributed by atoms with Crippen LogP contribution in [0.3, 0.4) is 0 Å². The van der Waals surface area contributed by atoms with Gasteiger partial charge in [0.25, 0.3) is 0 Å². The molecule has 0 aliphatic heterocycles. The highest BCUT2D eigenvalue weighted by atomic mass is 16.1. The number of benzene rings is 1. The minimum absolute atomic E-state index is 0.0605. The predicted molar refractivity (Wildman–Crippen MR) is 93.7 cm³/mol. The molecule has 0 fully saturated rings. The van der Waals surface area contributed by atoms with Gasteiger partial charge in [-0.2, -0.15) is 0 Å². The molecule has 0 atom stereocenters. The van der Waals surface area contributed by atoms with Crippen molar-refractivity contribution in [2.24, 2.45) is 0 Å². The first kappa shape index (κ1) is 16.2. The molecule has 3 rings (SSSR count). The van der Waals surface area contributed by atoms with Crippen LogP contribution in [0.4, 0.5) is 0 Å². The van der Waals surface area contributed by atoms with E-state index in [0.29, 0.717) is 19.5 Å². The monoisotopic (exact) mass is 325 g/mol. The highest BCUT2D eigenvalue weighted by molar-refractivity contribution is 5.77. The Kier molecular flexibility index (Phi) is 4.93. The molecule has 24 heavy (non-hydrogen) atoms. The topological polar surface area (TPSA) is 64.7 Å². The summed E-state index contributed by atoms with van der Waals surface area (Å²) in [4.78, 5) is 20.9. The number of imidazole rings is 2. The smallest absolute Gasteiger partial charge is 0.221 e. The van der Waals surface area contributed by atoms with Crippen LogP contribution < -0.4 is 5.32 Å². The van der Waals surface area contributed by atoms with Gasteiger partial charge in [0.05, 0.1) is 11.0 Å². The molecule has 0 spiro atoms. The van der Waals surface area contributed by atoms with Gasteiger partial charge in [-0.25, -0.2) is 9.97 Å². The van der Waals surface area contributed by atoms with Gasteiger partial charge >= 0.3 is 0 Å². The molecule has 0 unspecified atom stereocenters. The van der Waals surface area contributed by atoms with Crippen LogP contribution in [-0.2, 0) is 24.3 Å². The highest BCUT2D eigenvalue weighted by Gasteiger charge is 2.09. The summed E-state index contributed by atoms with van der Waals surface area (Å²) in [6, 6.07) is 8.01. The summed E-state index contributed by atoms with van der Waals surface area (Å²) < 4.78 is 4.17. The second-order valence-electron chi connectivity index (χ2n) is 5.79. The SMILES string of the molecule is CCc1nccn1CCNC(=O)CCn1c(C)nc2ccccc21. The van der Waals surface area contributed by atoms with Gasteiger partial charge in [0.15, 0.2) is 0 Å². The quantitative estimate of drug-likeness (QED) is 0.725. The van der Waals surface area contributed by atoms with Crippen LogP contribution in [0.5, 0.6) is 0 Å². The molecule has 0 bridgehead atoms. The number of carbonyl (C=O) groups excluding carboxylic acids is 1. The number of aryl methyl sites for hydroxylation is 3. The maximum Gasteiger partial charge on any atom is 0.221 e. The first-order valence-electron chi connectivity index (χ1n) is 8.37. The summed E-state index contributed by atoms with van der Waals surface area (Å²) in [5.74, 6) is 2.05. The lowest BCUT2D eigenvalue weighted by atomic mass is 10.3. The summed E-state index contributed by atoms with van der Waals surface area (Å²) in [5.41, 5.74) is 2.05. The Labute approximate surface area is 141 Å². The van der Waals surface area contributed by atoms with Gasteiger partial charge in [-0.05, 0) is 19.1 Å². The third kappa shape index (κ3) is 3.48. The van der Waals surface area contributed by atoms with Crippen molar-refractivity contribution in [3.8, 4) is 0 Å². The van der Waals surface area contributed by atoms with Gasteiger partial charge in [0, 0.05) is 44.9 Å². The third-order valence-corrected chi connectivity index (χ3v) is 4.20. The lowest BCUT2D eigenvalue weighted by Crippen LogP contribution is -2.28. The van der Waals surface area contributed by atoms with E-state index in [2.05, 4.69) is 31.3 Å². The van der Waals surface area contributed by atoms with Crippen molar-refractivity contribution >= 4 is 16.9 Å². The maximum absolute atomic E-state index is 12.1. The summed E-state index contributed by atoms with van der Waals surface area (Å²) >= 11 is 0. The highest BCUT2D eigenvalue weighted by Crippen LogP contribution is 2.15. The van der Waals surface area contributed by atoms with Crippen LogP contribution in [0, 0.1) is 6.92 Å². The number of aromatic nitrogens is 4. The van der Waals surface area contributed by atoms with E-state index in [1.165, 1.54) is 0 Å². The molecule has 3 aromatic rings. The van der Waals surface area contributed by atoms with Gasteiger partial charge in [0.2, 0.25) is 5.91 Å². The number of hydrogen-bond acceptors (Lipinski definition) is 3.